The van der Waals surface area contributed by atoms with Crippen molar-refractivity contribution in [3.05, 3.63) is 48.0 Å². The Labute approximate surface area is 151 Å². The number of hydrogen-bond donors (Lipinski definition) is 3. The zero-order valence-electron chi connectivity index (χ0n) is 14.4. The van der Waals surface area contributed by atoms with E-state index in [4.69, 9.17) is 5.11 Å². The first kappa shape index (κ1) is 17.9. The van der Waals surface area contributed by atoms with Crippen molar-refractivity contribution in [1.82, 2.24) is 10.6 Å². The van der Waals surface area contributed by atoms with Crippen LogP contribution in [-0.4, -0.2) is 35.5 Å². The smallest absolute Gasteiger partial charge is 0.308 e. The summed E-state index contributed by atoms with van der Waals surface area (Å²) in [5, 5.41) is 16.6. The lowest BCUT2D eigenvalue weighted by atomic mass is 10.0. The van der Waals surface area contributed by atoms with Crippen LogP contribution >= 0.6 is 0 Å². The van der Waals surface area contributed by atoms with E-state index in [2.05, 4.69) is 10.6 Å². The molecule has 1 saturated carbocycles. The summed E-state index contributed by atoms with van der Waals surface area (Å²) >= 11 is 0. The van der Waals surface area contributed by atoms with Gasteiger partial charge in [-0.15, -0.1) is 0 Å². The van der Waals surface area contributed by atoms with Crippen LogP contribution in [0.15, 0.2) is 42.5 Å². The van der Waals surface area contributed by atoms with Crippen LogP contribution < -0.4 is 10.6 Å². The van der Waals surface area contributed by atoms with E-state index in [9.17, 15) is 14.4 Å². The summed E-state index contributed by atoms with van der Waals surface area (Å²) in [4.78, 5) is 35.4. The maximum absolute atomic E-state index is 12.2. The first-order valence-corrected chi connectivity index (χ1v) is 8.80. The zero-order chi connectivity index (χ0) is 18.5. The number of aliphatic carboxylic acids is 1. The van der Waals surface area contributed by atoms with E-state index in [1.807, 2.05) is 42.5 Å². The minimum Gasteiger partial charge on any atom is -0.481 e. The molecular formula is C20H22N2O4. The molecule has 2 aromatic carbocycles. The molecule has 26 heavy (non-hydrogen) atoms. The first-order valence-electron chi connectivity index (χ1n) is 8.80. The van der Waals surface area contributed by atoms with Crippen LogP contribution in [0.3, 0.4) is 0 Å². The number of nitrogens with one attached hydrogen (secondary N) is 2. The van der Waals surface area contributed by atoms with Crippen molar-refractivity contribution in [3.63, 3.8) is 0 Å². The Balaban J connectivity index is 1.52. The van der Waals surface area contributed by atoms with Gasteiger partial charge in [0.05, 0.1) is 18.9 Å². The quantitative estimate of drug-likeness (QED) is 0.738. The molecule has 0 bridgehead atoms. The Morgan fingerprint density at radius 2 is 1.77 bits per heavy atom. The Hall–Kier alpha value is -2.89. The summed E-state index contributed by atoms with van der Waals surface area (Å²) in [6, 6.07) is 13.3. The third-order valence-corrected chi connectivity index (χ3v) is 4.86. The van der Waals surface area contributed by atoms with E-state index in [0.29, 0.717) is 12.8 Å². The predicted octanol–water partition coefficient (Wildman–Crippen LogP) is 1.87. The minimum atomic E-state index is -0.882. The second-order valence-electron chi connectivity index (χ2n) is 6.64. The number of fused-ring (bicyclic) bond motifs is 1. The fourth-order valence-corrected chi connectivity index (χ4v) is 3.55. The molecule has 6 heteroatoms. The molecular weight excluding hydrogens is 332 g/mol. The zero-order valence-corrected chi connectivity index (χ0v) is 14.4. The average molecular weight is 354 g/mol. The van der Waals surface area contributed by atoms with Crippen LogP contribution in [-0.2, 0) is 20.8 Å². The van der Waals surface area contributed by atoms with Crippen LogP contribution in [0.1, 0.15) is 24.8 Å². The van der Waals surface area contributed by atoms with E-state index in [1.165, 1.54) is 0 Å². The van der Waals surface area contributed by atoms with Gasteiger partial charge in [-0.05, 0) is 29.2 Å². The SMILES string of the molecule is O=C(Cc1cccc2ccccc12)NCC(=O)N[C@H]1CCC[C@H]1C(=O)O. The molecule has 0 spiro atoms. The third kappa shape index (κ3) is 4.20. The van der Waals surface area contributed by atoms with Gasteiger partial charge < -0.3 is 15.7 Å². The number of rotatable bonds is 6. The van der Waals surface area contributed by atoms with Crippen molar-refractivity contribution >= 4 is 28.6 Å². The molecule has 2 amide bonds. The van der Waals surface area contributed by atoms with Gasteiger partial charge in [-0.25, -0.2) is 0 Å². The van der Waals surface area contributed by atoms with Gasteiger partial charge in [0.15, 0.2) is 0 Å². The van der Waals surface area contributed by atoms with Crippen LogP contribution in [0, 0.1) is 5.92 Å². The summed E-state index contributed by atoms with van der Waals surface area (Å²) in [6.45, 7) is -0.146. The fraction of sp³-hybridized carbons (Fsp3) is 0.350. The van der Waals surface area contributed by atoms with Crippen LogP contribution in [0.25, 0.3) is 10.8 Å². The highest BCUT2D eigenvalue weighted by molar-refractivity contribution is 5.91. The molecule has 0 aromatic heterocycles. The second kappa shape index (κ2) is 7.99. The van der Waals surface area contributed by atoms with Gasteiger partial charge in [0.2, 0.25) is 11.8 Å². The minimum absolute atomic E-state index is 0.146. The van der Waals surface area contributed by atoms with Crippen LogP contribution in [0.4, 0.5) is 0 Å². The Morgan fingerprint density at radius 1 is 1.00 bits per heavy atom. The third-order valence-electron chi connectivity index (χ3n) is 4.86. The number of carboxylic acids is 1. The topological polar surface area (TPSA) is 95.5 Å². The number of amides is 2. The lowest BCUT2D eigenvalue weighted by molar-refractivity contribution is -0.142. The van der Waals surface area contributed by atoms with E-state index < -0.39 is 11.9 Å². The highest BCUT2D eigenvalue weighted by Crippen LogP contribution is 2.25. The van der Waals surface area contributed by atoms with E-state index in [0.717, 1.165) is 22.8 Å². The molecule has 1 aliphatic rings. The van der Waals surface area contributed by atoms with Gasteiger partial charge in [0, 0.05) is 6.04 Å². The van der Waals surface area contributed by atoms with E-state index >= 15 is 0 Å². The molecule has 0 aliphatic heterocycles. The van der Waals surface area contributed by atoms with Gasteiger partial charge in [-0.3, -0.25) is 14.4 Å². The van der Waals surface area contributed by atoms with Crippen molar-refractivity contribution in [3.8, 4) is 0 Å². The van der Waals surface area contributed by atoms with Gasteiger partial charge in [-0.2, -0.15) is 0 Å². The van der Waals surface area contributed by atoms with Gasteiger partial charge >= 0.3 is 5.97 Å². The lowest BCUT2D eigenvalue weighted by Crippen LogP contribution is -2.45. The number of carbonyl (C=O) groups excluding carboxylic acids is 2. The molecule has 2 aromatic rings. The largest absolute Gasteiger partial charge is 0.481 e. The van der Waals surface area contributed by atoms with Crippen molar-refractivity contribution in [1.29, 1.82) is 0 Å². The molecule has 3 rings (SSSR count). The predicted molar refractivity (Wildman–Crippen MR) is 97.6 cm³/mol. The Morgan fingerprint density at radius 3 is 2.58 bits per heavy atom. The normalized spacial score (nSPS) is 19.2. The molecule has 2 atom stereocenters. The summed E-state index contributed by atoms with van der Waals surface area (Å²) in [5.74, 6) is -2.01. The first-order chi connectivity index (χ1) is 12.5. The highest BCUT2D eigenvalue weighted by Gasteiger charge is 2.33. The average Bonchev–Trinajstić information content (AvgIpc) is 3.09. The number of carboxylic acid groups (broad SMARTS) is 1. The highest BCUT2D eigenvalue weighted by atomic mass is 16.4. The lowest BCUT2D eigenvalue weighted by Gasteiger charge is -2.17. The van der Waals surface area contributed by atoms with Gasteiger partial charge in [0.25, 0.3) is 0 Å². The molecule has 136 valence electrons. The molecule has 0 unspecified atom stereocenters. The van der Waals surface area contributed by atoms with E-state index in [-0.39, 0.29) is 30.8 Å². The van der Waals surface area contributed by atoms with Crippen LogP contribution in [0.2, 0.25) is 0 Å². The summed E-state index contributed by atoms with van der Waals surface area (Å²) < 4.78 is 0. The molecule has 0 heterocycles. The van der Waals surface area contributed by atoms with Crippen molar-refractivity contribution < 1.29 is 19.5 Å². The Bertz CT molecular complexity index is 828. The summed E-state index contributed by atoms with van der Waals surface area (Å²) in [5.41, 5.74) is 0.905. The van der Waals surface area contributed by atoms with Crippen molar-refractivity contribution in [2.75, 3.05) is 6.54 Å². The molecule has 0 saturated heterocycles. The van der Waals surface area contributed by atoms with Crippen molar-refractivity contribution in [2.45, 2.75) is 31.7 Å². The van der Waals surface area contributed by atoms with Crippen LogP contribution in [0.5, 0.6) is 0 Å². The maximum Gasteiger partial charge on any atom is 0.308 e. The van der Waals surface area contributed by atoms with Gasteiger partial charge in [0.1, 0.15) is 0 Å². The number of hydrogen-bond acceptors (Lipinski definition) is 3. The van der Waals surface area contributed by atoms with Crippen molar-refractivity contribution in [2.24, 2.45) is 5.92 Å². The molecule has 0 radical (unpaired) electrons. The fourth-order valence-electron chi connectivity index (χ4n) is 3.55. The number of carbonyl (C=O) groups is 3. The molecule has 6 nitrogen and oxygen atoms in total. The van der Waals surface area contributed by atoms with Gasteiger partial charge in [-0.1, -0.05) is 48.9 Å². The molecule has 1 fully saturated rings. The Kier molecular flexibility index (Phi) is 5.51. The molecule has 3 N–H and O–H groups in total. The maximum atomic E-state index is 12.2. The molecule has 1 aliphatic carbocycles. The standard InChI is InChI=1S/C20H22N2O4/c23-18(11-14-7-3-6-13-5-1-2-8-15(13)14)21-12-19(24)22-17-10-4-9-16(17)20(25)26/h1-3,5-8,16-17H,4,9-12H2,(H,21,23)(H,22,24)(H,25,26)/t16-,17+/m1/s1. The second-order valence-corrected chi connectivity index (χ2v) is 6.64. The summed E-state index contributed by atoms with van der Waals surface area (Å²) in [6.07, 6.45) is 2.21. The van der Waals surface area contributed by atoms with E-state index in [1.54, 1.807) is 0 Å². The number of benzene rings is 2. The monoisotopic (exact) mass is 354 g/mol. The summed E-state index contributed by atoms with van der Waals surface area (Å²) in [7, 11) is 0.